The first-order valence-corrected chi connectivity index (χ1v) is 10.4. The van der Waals surface area contributed by atoms with Crippen molar-refractivity contribution >= 4 is 22.9 Å². The van der Waals surface area contributed by atoms with E-state index >= 15 is 8.78 Å². The van der Waals surface area contributed by atoms with Crippen LogP contribution in [0, 0.1) is 11.6 Å². The number of halogens is 2. The van der Waals surface area contributed by atoms with Crippen LogP contribution in [0.15, 0.2) is 36.8 Å². The van der Waals surface area contributed by atoms with E-state index in [9.17, 15) is 10.0 Å². The summed E-state index contributed by atoms with van der Waals surface area (Å²) in [7, 11) is 5.68. The molecule has 0 unspecified atom stereocenters. The lowest BCUT2D eigenvalue weighted by Gasteiger charge is -2.17. The Balaban J connectivity index is 1.77. The maximum absolute atomic E-state index is 15.2. The molecule has 0 spiro atoms. The van der Waals surface area contributed by atoms with Gasteiger partial charge in [-0.05, 0) is 6.07 Å². The number of hydroxylamine groups is 3. The number of nitrogens with zero attached hydrogens (tertiary/aromatic N) is 4. The van der Waals surface area contributed by atoms with Gasteiger partial charge in [-0.1, -0.05) is 6.07 Å². The second-order valence-corrected chi connectivity index (χ2v) is 8.17. The van der Waals surface area contributed by atoms with Gasteiger partial charge in [0.2, 0.25) is 5.95 Å². The first kappa shape index (κ1) is 24.0. The van der Waals surface area contributed by atoms with Crippen molar-refractivity contribution in [3.8, 4) is 22.6 Å². The molecule has 2 aromatic heterocycles. The highest BCUT2D eigenvalue weighted by Gasteiger charge is 2.25. The second kappa shape index (κ2) is 9.24. The third-order valence-electron chi connectivity index (χ3n) is 5.12. The summed E-state index contributed by atoms with van der Waals surface area (Å²) >= 11 is 0. The summed E-state index contributed by atoms with van der Waals surface area (Å²) in [6, 6.07) is 3.88. The molecule has 0 fully saturated rings. The number of quaternary nitrogens is 1. The monoisotopic (exact) mass is 485 g/mol. The molecule has 12 heteroatoms. The molecule has 182 valence electrons. The zero-order chi connectivity index (χ0) is 25.3. The van der Waals surface area contributed by atoms with Crippen molar-refractivity contribution in [3.63, 3.8) is 0 Å². The number of H-pyrrole nitrogens is 1. The highest BCUT2D eigenvalue weighted by Crippen LogP contribution is 2.40. The number of methoxy groups -OCH3 is 2. The van der Waals surface area contributed by atoms with Gasteiger partial charge < -0.3 is 14.5 Å². The molecule has 2 aromatic carbocycles. The summed E-state index contributed by atoms with van der Waals surface area (Å²) in [4.78, 5) is 28.6. The van der Waals surface area contributed by atoms with Crippen molar-refractivity contribution in [2.75, 3.05) is 33.6 Å². The van der Waals surface area contributed by atoms with E-state index in [1.807, 2.05) is 0 Å². The number of hydrogen-bond acceptors (Lipinski definition) is 7. The van der Waals surface area contributed by atoms with Gasteiger partial charge in [0, 0.05) is 30.2 Å². The van der Waals surface area contributed by atoms with E-state index in [4.69, 9.17) is 9.47 Å². The molecule has 0 aliphatic rings. The highest BCUT2D eigenvalue weighted by molar-refractivity contribution is 6.13. The lowest BCUT2D eigenvalue weighted by atomic mass is 9.99. The number of amides is 1. The minimum atomic E-state index is -0.941. The Morgan fingerprint density at radius 3 is 2.31 bits per heavy atom. The number of fused-ring (bicyclic) bond motifs is 1. The summed E-state index contributed by atoms with van der Waals surface area (Å²) in [6.45, 7) is 0.219. The van der Waals surface area contributed by atoms with Crippen LogP contribution in [0.5, 0.6) is 11.5 Å². The van der Waals surface area contributed by atoms with Gasteiger partial charge in [0.05, 0.1) is 45.0 Å². The van der Waals surface area contributed by atoms with Gasteiger partial charge in [0.15, 0.2) is 29.7 Å². The zero-order valence-corrected chi connectivity index (χ0v) is 19.4. The number of anilines is 1. The van der Waals surface area contributed by atoms with E-state index in [0.29, 0.717) is 5.69 Å². The number of hydrogen-bond donors (Lipinski definition) is 3. The highest BCUT2D eigenvalue weighted by atomic mass is 19.1. The molecule has 0 radical (unpaired) electrons. The fourth-order valence-corrected chi connectivity index (χ4v) is 3.64. The molecule has 0 atom stereocenters. The summed E-state index contributed by atoms with van der Waals surface area (Å²) in [6.07, 6.45) is 4.29. The van der Waals surface area contributed by atoms with E-state index in [1.165, 1.54) is 38.7 Å². The smallest absolute Gasteiger partial charge is 0.260 e. The van der Waals surface area contributed by atoms with E-state index in [1.54, 1.807) is 20.3 Å². The number of carbonyl (C=O) groups is 1. The average molecular weight is 485 g/mol. The van der Waals surface area contributed by atoms with Crippen molar-refractivity contribution in [1.29, 1.82) is 0 Å². The quantitative estimate of drug-likeness (QED) is 0.270. The molecule has 4 rings (SSSR count). The van der Waals surface area contributed by atoms with E-state index in [2.05, 4.69) is 25.3 Å². The minimum Gasteiger partial charge on any atom is -0.494 e. The fourth-order valence-electron chi connectivity index (χ4n) is 3.64. The summed E-state index contributed by atoms with van der Waals surface area (Å²) in [5, 5.41) is 12.5. The Morgan fingerprint density at radius 2 is 1.71 bits per heavy atom. The van der Waals surface area contributed by atoms with Gasteiger partial charge >= 0.3 is 0 Å². The minimum absolute atomic E-state index is 0.0695. The van der Waals surface area contributed by atoms with Crippen LogP contribution in [0.4, 0.5) is 14.7 Å². The Bertz CT molecular complexity index is 1390. The maximum atomic E-state index is 15.2. The van der Waals surface area contributed by atoms with E-state index < -0.39 is 23.1 Å². The van der Waals surface area contributed by atoms with Gasteiger partial charge in [-0.2, -0.15) is 4.65 Å². The Kier molecular flexibility index (Phi) is 6.33. The standard InChI is InChI=1S/C23H22F2N6O4/c1-31(2,33)11-12-10-28-23(29-12)30-22(32)14-6-5-13(20-21(14)27-8-7-26-20)17-18(24)15(34-3)9-16(35-4)19(17)25/h5-10,33H,11H2,1-4H3,(H-,26,27,28,29,30,32)/p+1. The number of aromatic nitrogens is 4. The van der Waals surface area contributed by atoms with Gasteiger partial charge in [-0.15, -0.1) is 0 Å². The van der Waals surface area contributed by atoms with Crippen LogP contribution in [-0.4, -0.2) is 64.0 Å². The number of aromatic amines is 1. The molecule has 0 aliphatic heterocycles. The molecular weight excluding hydrogens is 462 g/mol. The van der Waals surface area contributed by atoms with Crippen molar-refractivity contribution in [1.82, 2.24) is 19.9 Å². The van der Waals surface area contributed by atoms with Gasteiger partial charge in [-0.25, -0.2) is 19.0 Å². The van der Waals surface area contributed by atoms with Gasteiger partial charge in [0.25, 0.3) is 5.91 Å². The first-order valence-electron chi connectivity index (χ1n) is 10.4. The number of ether oxygens (including phenoxy) is 2. The van der Waals surface area contributed by atoms with Crippen molar-refractivity contribution in [3.05, 3.63) is 59.7 Å². The van der Waals surface area contributed by atoms with Crippen molar-refractivity contribution in [2.45, 2.75) is 6.54 Å². The normalized spacial score (nSPS) is 11.5. The maximum Gasteiger partial charge on any atom is 0.260 e. The lowest BCUT2D eigenvalue weighted by molar-refractivity contribution is -1.08. The third kappa shape index (κ3) is 4.74. The molecule has 0 aliphatic carbocycles. The van der Waals surface area contributed by atoms with E-state index in [-0.39, 0.29) is 50.8 Å². The molecule has 0 saturated carbocycles. The molecule has 10 nitrogen and oxygen atoms in total. The molecule has 2 heterocycles. The summed E-state index contributed by atoms with van der Waals surface area (Å²) < 4.78 is 40.0. The molecule has 4 aromatic rings. The molecule has 0 saturated heterocycles. The largest absolute Gasteiger partial charge is 0.494 e. The van der Waals surface area contributed by atoms with Crippen LogP contribution in [0.1, 0.15) is 16.1 Å². The Hall–Kier alpha value is -4.16. The third-order valence-corrected chi connectivity index (χ3v) is 5.12. The first-order chi connectivity index (χ1) is 16.6. The Morgan fingerprint density at radius 1 is 1.09 bits per heavy atom. The average Bonchev–Trinajstić information content (AvgIpc) is 3.24. The van der Waals surface area contributed by atoms with Crippen LogP contribution in [0.25, 0.3) is 22.2 Å². The number of imidazole rings is 1. The van der Waals surface area contributed by atoms with Crippen LogP contribution in [0.2, 0.25) is 0 Å². The second-order valence-electron chi connectivity index (χ2n) is 8.17. The summed E-state index contributed by atoms with van der Waals surface area (Å²) in [5.74, 6) is -2.71. The number of benzene rings is 2. The van der Waals surface area contributed by atoms with Crippen molar-refractivity contribution < 1.29 is 32.9 Å². The van der Waals surface area contributed by atoms with Gasteiger partial charge in [-0.3, -0.25) is 20.1 Å². The van der Waals surface area contributed by atoms with Crippen LogP contribution >= 0.6 is 0 Å². The SMILES string of the molecule is COc1cc(OC)c(F)c(-c2ccc(C(=O)Nc3nc(C[N+](C)(C)O)c[nH]3)c3nccnc23)c1F. The summed E-state index contributed by atoms with van der Waals surface area (Å²) in [5.41, 5.74) is 0.532. The van der Waals surface area contributed by atoms with Crippen molar-refractivity contribution in [2.24, 2.45) is 0 Å². The molecule has 3 N–H and O–H groups in total. The topological polar surface area (TPSA) is 122 Å². The van der Waals surface area contributed by atoms with E-state index in [0.717, 1.165) is 6.07 Å². The molecule has 1 amide bonds. The molecular formula is C23H23F2N6O4+. The lowest BCUT2D eigenvalue weighted by Crippen LogP contribution is -2.34. The predicted molar refractivity (Wildman–Crippen MR) is 122 cm³/mol. The Labute approximate surface area is 198 Å². The predicted octanol–water partition coefficient (Wildman–Crippen LogP) is 3.53. The molecule has 35 heavy (non-hydrogen) atoms. The number of carbonyl (C=O) groups excluding carboxylic acids is 1. The van der Waals surface area contributed by atoms with Crippen LogP contribution in [0.3, 0.4) is 0 Å². The van der Waals surface area contributed by atoms with Crippen LogP contribution < -0.4 is 14.8 Å². The number of nitrogens with one attached hydrogen (secondary N) is 2. The fraction of sp³-hybridized carbons (Fsp3) is 0.217. The zero-order valence-electron chi connectivity index (χ0n) is 19.4. The number of rotatable bonds is 7. The van der Waals surface area contributed by atoms with Gasteiger partial charge in [0.1, 0.15) is 11.2 Å². The van der Waals surface area contributed by atoms with Crippen LogP contribution in [-0.2, 0) is 6.54 Å². The molecule has 0 bridgehead atoms.